The predicted octanol–water partition coefficient (Wildman–Crippen LogP) is 2.30. The molecule has 0 radical (unpaired) electrons. The van der Waals surface area contributed by atoms with Crippen molar-refractivity contribution in [3.8, 4) is 0 Å². The Balaban J connectivity index is 1.81. The number of hydrogen-bond acceptors (Lipinski definition) is 6. The van der Waals surface area contributed by atoms with E-state index in [4.69, 9.17) is 5.14 Å². The predicted molar refractivity (Wildman–Crippen MR) is 109 cm³/mol. The number of likely N-dealkylation sites (tertiary alicyclic amines) is 1. The molecule has 1 atom stereocenters. The highest BCUT2D eigenvalue weighted by Crippen LogP contribution is 2.44. The Morgan fingerprint density at radius 2 is 1.97 bits per heavy atom. The summed E-state index contributed by atoms with van der Waals surface area (Å²) in [6, 6.07) is 2.88. The van der Waals surface area contributed by atoms with Crippen molar-refractivity contribution in [1.82, 2.24) is 9.88 Å². The lowest BCUT2D eigenvalue weighted by Crippen LogP contribution is -2.53. The Bertz CT molecular complexity index is 1050. The number of nitrogens with two attached hydrogens (primary N) is 1. The summed E-state index contributed by atoms with van der Waals surface area (Å²) in [5.74, 6) is -3.76. The molecule has 1 aromatic rings. The first-order valence-corrected chi connectivity index (χ1v) is 11.7. The summed E-state index contributed by atoms with van der Waals surface area (Å²) in [5.41, 5.74) is 1.28. The fraction of sp³-hybridized carbons (Fsp3) is 0.500. The molecule has 4 rings (SSSR count). The Hall–Kier alpha value is -2.37. The smallest absolute Gasteiger partial charge is 0.335 e. The molecule has 0 amide bonds. The summed E-state index contributed by atoms with van der Waals surface area (Å²) in [5, 5.41) is 14.8. The van der Waals surface area contributed by atoms with Crippen molar-refractivity contribution < 1.29 is 27.1 Å². The van der Waals surface area contributed by atoms with E-state index in [0.717, 1.165) is 18.5 Å². The molecular formula is C20H24F2N4O4S. The summed E-state index contributed by atoms with van der Waals surface area (Å²) < 4.78 is 51.7. The van der Waals surface area contributed by atoms with Gasteiger partial charge in [-0.3, -0.25) is 4.90 Å². The molecule has 168 valence electrons. The maximum absolute atomic E-state index is 14.0. The maximum Gasteiger partial charge on any atom is 0.335 e. The molecule has 11 heteroatoms. The lowest BCUT2D eigenvalue weighted by atomic mass is 10.0. The Morgan fingerprint density at radius 3 is 2.61 bits per heavy atom. The van der Waals surface area contributed by atoms with Crippen LogP contribution < -0.4 is 10.0 Å². The number of sulfonamides is 1. The Morgan fingerprint density at radius 1 is 1.23 bits per heavy atom. The van der Waals surface area contributed by atoms with Crippen LogP contribution >= 0.6 is 0 Å². The first kappa shape index (κ1) is 21.8. The molecule has 1 aromatic heterocycles. The number of allylic oxidation sites excluding steroid dienone is 3. The minimum atomic E-state index is -4.08. The van der Waals surface area contributed by atoms with Crippen molar-refractivity contribution in [1.29, 1.82) is 0 Å². The van der Waals surface area contributed by atoms with Crippen molar-refractivity contribution in [3.05, 3.63) is 41.8 Å². The molecule has 0 spiro atoms. The van der Waals surface area contributed by atoms with Crippen LogP contribution in [0.2, 0.25) is 0 Å². The second-order valence-electron chi connectivity index (χ2n) is 8.18. The number of rotatable bonds is 5. The van der Waals surface area contributed by atoms with Crippen LogP contribution in [0.15, 0.2) is 46.8 Å². The van der Waals surface area contributed by atoms with Gasteiger partial charge in [0.15, 0.2) is 5.03 Å². The zero-order chi connectivity index (χ0) is 22.4. The molecule has 1 aliphatic carbocycles. The van der Waals surface area contributed by atoms with Crippen molar-refractivity contribution in [2.24, 2.45) is 11.1 Å². The maximum atomic E-state index is 14.0. The lowest BCUT2D eigenvalue weighted by Gasteiger charge is -2.44. The molecule has 3 aliphatic rings. The number of hydrogen-bond donors (Lipinski definition) is 2. The number of halogens is 2. The molecule has 8 nitrogen and oxygen atoms in total. The average molecular weight is 454 g/mol. The molecule has 3 N–H and O–H groups in total. The Labute approximate surface area is 179 Å². The van der Waals surface area contributed by atoms with E-state index < -0.39 is 28.1 Å². The van der Waals surface area contributed by atoms with E-state index in [1.165, 1.54) is 18.3 Å². The van der Waals surface area contributed by atoms with Crippen LogP contribution in [0.4, 0.5) is 14.5 Å². The number of aliphatic carboxylic acids is 1. The van der Waals surface area contributed by atoms with Crippen molar-refractivity contribution >= 4 is 21.7 Å². The molecule has 1 unspecified atom stereocenters. The fourth-order valence-corrected chi connectivity index (χ4v) is 4.69. The van der Waals surface area contributed by atoms with Gasteiger partial charge in [-0.2, -0.15) is 0 Å². The van der Waals surface area contributed by atoms with Gasteiger partial charge in [0.2, 0.25) is 5.92 Å². The van der Waals surface area contributed by atoms with Crippen LogP contribution in [-0.4, -0.2) is 54.6 Å². The number of aromatic nitrogens is 1. The number of carboxylic acid groups (broad SMARTS) is 1. The number of nitrogens with zero attached hydrogens (tertiary/aromatic N) is 3. The van der Waals surface area contributed by atoms with Gasteiger partial charge >= 0.3 is 5.97 Å². The molecular weight excluding hydrogens is 430 g/mol. The quantitative estimate of drug-likeness (QED) is 0.701. The average Bonchev–Trinajstić information content (AvgIpc) is 3.54. The highest BCUT2D eigenvalue weighted by Gasteiger charge is 2.43. The number of alkyl halides is 2. The summed E-state index contributed by atoms with van der Waals surface area (Å²) in [4.78, 5) is 19.4. The molecule has 1 saturated carbocycles. The summed E-state index contributed by atoms with van der Waals surface area (Å²) in [6.07, 6.45) is 5.14. The van der Waals surface area contributed by atoms with Gasteiger partial charge in [0.05, 0.1) is 5.57 Å². The number of pyridine rings is 1. The number of carboxylic acids is 1. The van der Waals surface area contributed by atoms with E-state index in [9.17, 15) is 27.1 Å². The third-order valence-corrected chi connectivity index (χ3v) is 6.67. The zero-order valence-corrected chi connectivity index (χ0v) is 17.6. The van der Waals surface area contributed by atoms with E-state index in [-0.39, 0.29) is 42.3 Å². The molecule has 31 heavy (non-hydrogen) atoms. The molecule has 0 bridgehead atoms. The monoisotopic (exact) mass is 454 g/mol. The molecule has 3 heterocycles. The Kier molecular flexibility index (Phi) is 5.61. The van der Waals surface area contributed by atoms with E-state index in [1.807, 2.05) is 0 Å². The van der Waals surface area contributed by atoms with E-state index >= 15 is 0 Å². The van der Waals surface area contributed by atoms with Gasteiger partial charge in [-0.15, -0.1) is 0 Å². The second-order valence-corrected chi connectivity index (χ2v) is 9.69. The first-order chi connectivity index (χ1) is 14.6. The standard InChI is InChI=1S/C20H24F2N4O4S/c21-20(22)7-1-10-25(11-8-20)18-15(19(27)28)4-5-16(13-2-3-13)26(18)14-6-9-24-17(12-14)31(23,29)30/h4-6,9,12-13,18H,1-3,7-8,10-11H2,(H,27,28)(H2,23,29,30). The van der Waals surface area contributed by atoms with Crippen LogP contribution in [0, 0.1) is 5.92 Å². The van der Waals surface area contributed by atoms with Gasteiger partial charge in [0.1, 0.15) is 6.17 Å². The molecule has 1 saturated heterocycles. The summed E-state index contributed by atoms with van der Waals surface area (Å²) in [6.45, 7) is 0.316. The van der Waals surface area contributed by atoms with Crippen LogP contribution in [0.1, 0.15) is 32.1 Å². The van der Waals surface area contributed by atoms with Crippen molar-refractivity contribution in [3.63, 3.8) is 0 Å². The van der Waals surface area contributed by atoms with E-state index in [2.05, 4.69) is 4.98 Å². The third kappa shape index (κ3) is 4.63. The number of primary sulfonamides is 1. The number of anilines is 1. The summed E-state index contributed by atoms with van der Waals surface area (Å²) in [7, 11) is -4.08. The lowest BCUT2D eigenvalue weighted by molar-refractivity contribution is -0.133. The van der Waals surface area contributed by atoms with Crippen LogP contribution in [0.3, 0.4) is 0 Å². The normalized spacial score (nSPS) is 24.9. The van der Waals surface area contributed by atoms with Gasteiger partial charge in [-0.05, 0) is 43.4 Å². The largest absolute Gasteiger partial charge is 0.478 e. The highest BCUT2D eigenvalue weighted by molar-refractivity contribution is 7.89. The van der Waals surface area contributed by atoms with Gasteiger partial charge in [-0.25, -0.2) is 32.1 Å². The van der Waals surface area contributed by atoms with E-state index in [0.29, 0.717) is 12.2 Å². The zero-order valence-electron chi connectivity index (χ0n) is 16.7. The van der Waals surface area contributed by atoms with Gasteiger partial charge in [0, 0.05) is 49.6 Å². The minimum Gasteiger partial charge on any atom is -0.478 e. The fourth-order valence-electron chi connectivity index (χ4n) is 4.20. The molecule has 2 aliphatic heterocycles. The van der Waals surface area contributed by atoms with Gasteiger partial charge < -0.3 is 10.0 Å². The van der Waals surface area contributed by atoms with Gasteiger partial charge in [0.25, 0.3) is 10.0 Å². The molecule has 0 aromatic carbocycles. The summed E-state index contributed by atoms with van der Waals surface area (Å²) >= 11 is 0. The van der Waals surface area contributed by atoms with Crippen LogP contribution in [0.25, 0.3) is 0 Å². The van der Waals surface area contributed by atoms with Crippen LogP contribution in [-0.2, 0) is 14.8 Å². The third-order valence-electron chi connectivity index (χ3n) is 5.86. The van der Waals surface area contributed by atoms with Crippen LogP contribution in [0.5, 0.6) is 0 Å². The first-order valence-electron chi connectivity index (χ1n) is 10.1. The van der Waals surface area contributed by atoms with E-state index in [1.54, 1.807) is 21.9 Å². The van der Waals surface area contributed by atoms with Crippen molar-refractivity contribution in [2.45, 2.75) is 49.2 Å². The van der Waals surface area contributed by atoms with Crippen molar-refractivity contribution in [2.75, 3.05) is 18.0 Å². The topological polar surface area (TPSA) is 117 Å². The van der Waals surface area contributed by atoms with Gasteiger partial charge in [-0.1, -0.05) is 0 Å². The highest BCUT2D eigenvalue weighted by atomic mass is 32.2. The second kappa shape index (κ2) is 7.95. The SMILES string of the molecule is NS(=O)(=O)c1cc(N2C(C3CC3)=CC=C(C(=O)O)C2N2CCCC(F)(F)CC2)ccn1. The minimum absolute atomic E-state index is 0.0177. The number of carbonyl (C=O) groups is 1. The molecule has 2 fully saturated rings.